The molecule has 1 aliphatic heterocycles. The highest BCUT2D eigenvalue weighted by Gasteiger charge is 2.28. The van der Waals surface area contributed by atoms with Gasteiger partial charge in [0.25, 0.3) is 0 Å². The van der Waals surface area contributed by atoms with Gasteiger partial charge in [-0.2, -0.15) is 0 Å². The first-order valence-electron chi connectivity index (χ1n) is 7.52. The van der Waals surface area contributed by atoms with E-state index in [1.165, 1.54) is 5.56 Å². The number of phenols is 1. The number of halogens is 1. The summed E-state index contributed by atoms with van der Waals surface area (Å²) in [5.74, 6) is 0.136. The lowest BCUT2D eigenvalue weighted by molar-refractivity contribution is -0.0597. The Balaban J connectivity index is 1.86. The number of ether oxygens (including phenoxy) is 1. The first kappa shape index (κ1) is 15.3. The molecular weight excluding hydrogens is 298 g/mol. The number of hydrogen-bond donors (Lipinski definition) is 1. The van der Waals surface area contributed by atoms with Gasteiger partial charge in [-0.3, -0.25) is 4.90 Å². The molecule has 0 spiro atoms. The molecule has 3 nitrogen and oxygen atoms in total. The van der Waals surface area contributed by atoms with Crippen molar-refractivity contribution in [3.8, 4) is 5.75 Å². The Morgan fingerprint density at radius 2 is 1.95 bits per heavy atom. The summed E-state index contributed by atoms with van der Waals surface area (Å²) in [5.41, 5.74) is 2.18. The van der Waals surface area contributed by atoms with Crippen molar-refractivity contribution in [1.29, 1.82) is 0 Å². The summed E-state index contributed by atoms with van der Waals surface area (Å²) in [5, 5.41) is 10.2. The van der Waals surface area contributed by atoms with Gasteiger partial charge in [0.15, 0.2) is 0 Å². The lowest BCUT2D eigenvalue weighted by atomic mass is 10.0. The smallest absolute Gasteiger partial charge is 0.134 e. The van der Waals surface area contributed by atoms with Gasteiger partial charge in [0.1, 0.15) is 5.75 Å². The molecule has 0 aromatic heterocycles. The van der Waals surface area contributed by atoms with Crippen LogP contribution in [-0.4, -0.2) is 29.3 Å². The standard InChI is InChI=1S/C18H20ClNO2/c1-13-10-20(11-15-8-5-9-17(21)18(15)19)16(12-22-13)14-6-3-2-4-7-14/h2-9,13,16,21H,10-12H2,1H3. The molecular formula is C18H20ClNO2. The van der Waals surface area contributed by atoms with Crippen molar-refractivity contribution >= 4 is 11.6 Å². The number of nitrogens with zero attached hydrogens (tertiary/aromatic N) is 1. The van der Waals surface area contributed by atoms with Crippen molar-refractivity contribution in [2.45, 2.75) is 25.6 Å². The van der Waals surface area contributed by atoms with E-state index in [1.807, 2.05) is 30.3 Å². The molecule has 0 bridgehead atoms. The molecule has 22 heavy (non-hydrogen) atoms. The summed E-state index contributed by atoms with van der Waals surface area (Å²) in [4.78, 5) is 2.37. The summed E-state index contributed by atoms with van der Waals surface area (Å²) in [6.45, 7) is 4.28. The molecule has 0 saturated carbocycles. The average molecular weight is 318 g/mol. The number of phenolic OH excluding ortho intramolecular Hbond substituents is 1. The largest absolute Gasteiger partial charge is 0.506 e. The van der Waals surface area contributed by atoms with Crippen molar-refractivity contribution in [2.24, 2.45) is 0 Å². The molecule has 116 valence electrons. The minimum atomic E-state index is 0.136. The molecule has 2 unspecified atom stereocenters. The molecule has 3 rings (SSSR count). The third-order valence-corrected chi connectivity index (χ3v) is 4.52. The highest BCUT2D eigenvalue weighted by molar-refractivity contribution is 6.32. The van der Waals surface area contributed by atoms with Crippen LogP contribution < -0.4 is 0 Å². The molecule has 2 aromatic carbocycles. The zero-order chi connectivity index (χ0) is 15.5. The van der Waals surface area contributed by atoms with E-state index in [4.69, 9.17) is 16.3 Å². The van der Waals surface area contributed by atoms with Gasteiger partial charge >= 0.3 is 0 Å². The van der Waals surface area contributed by atoms with E-state index in [1.54, 1.807) is 6.07 Å². The maximum atomic E-state index is 9.79. The Bertz CT molecular complexity index is 632. The number of hydrogen-bond acceptors (Lipinski definition) is 3. The van der Waals surface area contributed by atoms with Crippen LogP contribution >= 0.6 is 11.6 Å². The lowest BCUT2D eigenvalue weighted by Gasteiger charge is -2.39. The maximum Gasteiger partial charge on any atom is 0.134 e. The van der Waals surface area contributed by atoms with Crippen molar-refractivity contribution in [2.75, 3.05) is 13.2 Å². The van der Waals surface area contributed by atoms with Crippen molar-refractivity contribution in [3.63, 3.8) is 0 Å². The fourth-order valence-electron chi connectivity index (χ4n) is 2.94. The molecule has 0 aliphatic carbocycles. The first-order chi connectivity index (χ1) is 10.6. The van der Waals surface area contributed by atoms with Crippen LogP contribution in [0.5, 0.6) is 5.75 Å². The Morgan fingerprint density at radius 3 is 2.73 bits per heavy atom. The van der Waals surface area contributed by atoms with Crippen molar-refractivity contribution in [3.05, 3.63) is 64.7 Å². The van der Waals surface area contributed by atoms with E-state index < -0.39 is 0 Å². The van der Waals surface area contributed by atoms with E-state index in [9.17, 15) is 5.11 Å². The van der Waals surface area contributed by atoms with E-state index >= 15 is 0 Å². The predicted octanol–water partition coefficient (Wildman–Crippen LogP) is 4.01. The molecule has 1 N–H and O–H groups in total. The molecule has 1 fully saturated rings. The second-order valence-electron chi connectivity index (χ2n) is 5.75. The van der Waals surface area contributed by atoms with Crippen LogP contribution in [0.15, 0.2) is 48.5 Å². The summed E-state index contributed by atoms with van der Waals surface area (Å²) in [7, 11) is 0. The topological polar surface area (TPSA) is 32.7 Å². The molecule has 2 aromatic rings. The summed E-state index contributed by atoms with van der Waals surface area (Å²) in [6.07, 6.45) is 0.191. The van der Waals surface area contributed by atoms with Crippen LogP contribution in [0.1, 0.15) is 24.1 Å². The van der Waals surface area contributed by atoms with Crippen molar-refractivity contribution < 1.29 is 9.84 Å². The van der Waals surface area contributed by atoms with Crippen LogP contribution in [0.3, 0.4) is 0 Å². The summed E-state index contributed by atoms with van der Waals surface area (Å²) >= 11 is 6.23. The second-order valence-corrected chi connectivity index (χ2v) is 6.13. The van der Waals surface area contributed by atoms with E-state index in [0.717, 1.165) is 12.1 Å². The summed E-state index contributed by atoms with van der Waals surface area (Å²) < 4.78 is 5.84. The molecule has 1 saturated heterocycles. The van der Waals surface area contributed by atoms with Gasteiger partial charge in [0, 0.05) is 13.1 Å². The second kappa shape index (κ2) is 6.69. The SMILES string of the molecule is CC1CN(Cc2cccc(O)c2Cl)C(c2ccccc2)CO1. The van der Waals surface area contributed by atoms with E-state index in [0.29, 0.717) is 18.2 Å². The summed E-state index contributed by atoms with van der Waals surface area (Å²) in [6, 6.07) is 16.0. The Labute approximate surface area is 136 Å². The Hall–Kier alpha value is -1.55. The predicted molar refractivity (Wildman–Crippen MR) is 88.1 cm³/mol. The quantitative estimate of drug-likeness (QED) is 0.928. The number of morpholine rings is 1. The zero-order valence-electron chi connectivity index (χ0n) is 12.6. The molecule has 0 radical (unpaired) electrons. The van der Waals surface area contributed by atoms with E-state index in [2.05, 4.69) is 24.0 Å². The minimum absolute atomic E-state index is 0.136. The van der Waals surface area contributed by atoms with Gasteiger partial charge in [-0.05, 0) is 24.1 Å². The maximum absolute atomic E-state index is 9.79. The number of benzene rings is 2. The van der Waals surface area contributed by atoms with Crippen LogP contribution in [0.4, 0.5) is 0 Å². The first-order valence-corrected chi connectivity index (χ1v) is 7.90. The van der Waals surface area contributed by atoms with Crippen LogP contribution in [0.2, 0.25) is 5.02 Å². The van der Waals surface area contributed by atoms with Crippen LogP contribution in [0.25, 0.3) is 0 Å². The average Bonchev–Trinajstić information content (AvgIpc) is 2.53. The normalized spacial score (nSPS) is 22.6. The molecule has 2 atom stereocenters. The van der Waals surface area contributed by atoms with Gasteiger partial charge in [-0.15, -0.1) is 0 Å². The van der Waals surface area contributed by atoms with Gasteiger partial charge in [-0.1, -0.05) is 54.1 Å². The Kier molecular flexibility index (Phi) is 4.67. The molecule has 4 heteroatoms. The van der Waals surface area contributed by atoms with Crippen molar-refractivity contribution in [1.82, 2.24) is 4.90 Å². The zero-order valence-corrected chi connectivity index (χ0v) is 13.3. The lowest BCUT2D eigenvalue weighted by Crippen LogP contribution is -2.43. The van der Waals surface area contributed by atoms with Crippen LogP contribution in [0, 0.1) is 0 Å². The monoisotopic (exact) mass is 317 g/mol. The Morgan fingerprint density at radius 1 is 1.18 bits per heavy atom. The fraction of sp³-hybridized carbons (Fsp3) is 0.333. The fourth-order valence-corrected chi connectivity index (χ4v) is 3.12. The molecule has 1 heterocycles. The number of rotatable bonds is 3. The third kappa shape index (κ3) is 3.27. The van der Waals surface area contributed by atoms with Gasteiger partial charge < -0.3 is 9.84 Å². The van der Waals surface area contributed by atoms with E-state index in [-0.39, 0.29) is 17.9 Å². The van der Waals surface area contributed by atoms with Gasteiger partial charge in [-0.25, -0.2) is 0 Å². The van der Waals surface area contributed by atoms with Gasteiger partial charge in [0.05, 0.1) is 23.8 Å². The highest BCUT2D eigenvalue weighted by atomic mass is 35.5. The van der Waals surface area contributed by atoms with Crippen LogP contribution in [-0.2, 0) is 11.3 Å². The van der Waals surface area contributed by atoms with Gasteiger partial charge in [0.2, 0.25) is 0 Å². The third-order valence-electron chi connectivity index (χ3n) is 4.09. The molecule has 1 aliphatic rings. The minimum Gasteiger partial charge on any atom is -0.506 e. The number of aromatic hydroxyl groups is 1. The highest BCUT2D eigenvalue weighted by Crippen LogP contribution is 2.32. The molecule has 0 amide bonds.